The zero-order chi connectivity index (χ0) is 19.2. The first kappa shape index (κ1) is 19.9. The number of fused-ring (bicyclic) bond motifs is 1. The summed E-state index contributed by atoms with van der Waals surface area (Å²) in [6, 6.07) is 12.8. The van der Waals surface area contributed by atoms with E-state index >= 15 is 0 Å². The van der Waals surface area contributed by atoms with Crippen molar-refractivity contribution in [1.29, 1.82) is 0 Å². The summed E-state index contributed by atoms with van der Waals surface area (Å²) in [5, 5.41) is 2.38. The Morgan fingerprint density at radius 2 is 1.74 bits per heavy atom. The summed E-state index contributed by atoms with van der Waals surface area (Å²) in [7, 11) is 0. The molecule has 3 rings (SSSR count). The maximum atomic E-state index is 11.7. The van der Waals surface area contributed by atoms with Gasteiger partial charge in [-0.15, -0.1) is 0 Å². The molecule has 27 heavy (non-hydrogen) atoms. The summed E-state index contributed by atoms with van der Waals surface area (Å²) in [6.45, 7) is 6.69. The van der Waals surface area contributed by atoms with Crippen molar-refractivity contribution in [2.75, 3.05) is 0 Å². The molecule has 2 aromatic carbocycles. The number of esters is 1. The van der Waals surface area contributed by atoms with Gasteiger partial charge in [0.05, 0.1) is 0 Å². The van der Waals surface area contributed by atoms with Gasteiger partial charge in [0.15, 0.2) is 0 Å². The van der Waals surface area contributed by atoms with Crippen LogP contribution in [-0.4, -0.2) is 5.97 Å². The molecule has 1 aliphatic rings. The maximum absolute atomic E-state index is 11.7. The van der Waals surface area contributed by atoms with Gasteiger partial charge in [-0.3, -0.25) is 4.79 Å². The number of hydrogen-bond donors (Lipinski definition) is 0. The average Bonchev–Trinajstić information content (AvgIpc) is 2.68. The van der Waals surface area contributed by atoms with Crippen molar-refractivity contribution in [2.45, 2.75) is 78.1 Å². The van der Waals surface area contributed by atoms with E-state index in [1.807, 2.05) is 19.1 Å². The van der Waals surface area contributed by atoms with Crippen LogP contribution in [-0.2, 0) is 4.79 Å². The molecule has 1 saturated carbocycles. The van der Waals surface area contributed by atoms with Gasteiger partial charge in [0.1, 0.15) is 5.75 Å². The van der Waals surface area contributed by atoms with E-state index in [-0.39, 0.29) is 5.97 Å². The van der Waals surface area contributed by atoms with Crippen LogP contribution in [0.2, 0.25) is 0 Å². The number of ether oxygens (including phenoxy) is 1. The van der Waals surface area contributed by atoms with Crippen LogP contribution in [0.15, 0.2) is 36.4 Å². The minimum absolute atomic E-state index is 0.150. The van der Waals surface area contributed by atoms with E-state index in [2.05, 4.69) is 38.1 Å². The van der Waals surface area contributed by atoms with Crippen LogP contribution >= 0.6 is 0 Å². The van der Waals surface area contributed by atoms with Gasteiger partial charge in [-0.1, -0.05) is 51.5 Å². The lowest BCUT2D eigenvalue weighted by molar-refractivity contribution is -0.134. The standard InChI is InChI=1S/C25H34O2/c1-4-6-25(26)27-24-14-13-22-16-21(11-12-23(22)17-24)20-9-7-19(8-10-20)15-18(3)5-2/h11-14,16-20H,4-10,15H2,1-3H3/t18?,19-,20-. The molecule has 0 amide bonds. The van der Waals surface area contributed by atoms with Gasteiger partial charge >= 0.3 is 5.97 Å². The van der Waals surface area contributed by atoms with Gasteiger partial charge < -0.3 is 4.74 Å². The first-order chi connectivity index (χ1) is 13.1. The number of carbonyl (C=O) groups excluding carboxylic acids is 1. The van der Waals surface area contributed by atoms with Crippen LogP contribution in [0.25, 0.3) is 10.8 Å². The van der Waals surface area contributed by atoms with Crippen LogP contribution in [0.1, 0.15) is 83.6 Å². The monoisotopic (exact) mass is 366 g/mol. The Labute approximate surface area is 164 Å². The number of hydrogen-bond acceptors (Lipinski definition) is 2. The van der Waals surface area contributed by atoms with Crippen molar-refractivity contribution in [3.05, 3.63) is 42.0 Å². The molecular formula is C25H34O2. The van der Waals surface area contributed by atoms with Crippen LogP contribution in [0, 0.1) is 11.8 Å². The molecule has 2 heteroatoms. The molecule has 0 heterocycles. The lowest BCUT2D eigenvalue weighted by atomic mass is 9.75. The zero-order valence-electron chi connectivity index (χ0n) is 17.2. The second kappa shape index (κ2) is 9.39. The van der Waals surface area contributed by atoms with Crippen molar-refractivity contribution in [2.24, 2.45) is 11.8 Å². The molecule has 146 valence electrons. The van der Waals surface area contributed by atoms with Crippen molar-refractivity contribution < 1.29 is 9.53 Å². The lowest BCUT2D eigenvalue weighted by Crippen LogP contribution is -2.15. The third kappa shape index (κ3) is 5.34. The second-order valence-electron chi connectivity index (χ2n) is 8.46. The summed E-state index contributed by atoms with van der Waals surface area (Å²) in [4.78, 5) is 11.7. The van der Waals surface area contributed by atoms with E-state index in [0.717, 1.165) is 23.6 Å². The van der Waals surface area contributed by atoms with Gasteiger partial charge in [0.2, 0.25) is 0 Å². The Balaban J connectivity index is 1.64. The van der Waals surface area contributed by atoms with Crippen molar-refractivity contribution in [3.63, 3.8) is 0 Å². The molecule has 2 nitrogen and oxygen atoms in total. The Bertz CT molecular complexity index is 756. The average molecular weight is 367 g/mol. The molecule has 1 unspecified atom stereocenters. The normalized spacial score (nSPS) is 21.1. The summed E-state index contributed by atoms with van der Waals surface area (Å²) < 4.78 is 5.42. The quantitative estimate of drug-likeness (QED) is 0.381. The molecule has 0 aliphatic heterocycles. The van der Waals surface area contributed by atoms with E-state index in [0.29, 0.717) is 18.1 Å². The molecule has 0 aromatic heterocycles. The molecule has 0 spiro atoms. The molecule has 1 aliphatic carbocycles. The van der Waals surface area contributed by atoms with Crippen LogP contribution < -0.4 is 4.74 Å². The van der Waals surface area contributed by atoms with E-state index in [9.17, 15) is 4.79 Å². The van der Waals surface area contributed by atoms with Gasteiger partial charge in [-0.05, 0) is 84.7 Å². The number of rotatable bonds is 7. The molecule has 0 saturated heterocycles. The maximum Gasteiger partial charge on any atom is 0.311 e. The molecule has 0 N–H and O–H groups in total. The molecule has 1 fully saturated rings. The van der Waals surface area contributed by atoms with Crippen molar-refractivity contribution >= 4 is 16.7 Å². The fraction of sp³-hybridized carbons (Fsp3) is 0.560. The minimum atomic E-state index is -0.150. The van der Waals surface area contributed by atoms with Gasteiger partial charge in [-0.25, -0.2) is 0 Å². The predicted octanol–water partition coefficient (Wildman–Crippen LogP) is 7.26. The smallest absolute Gasteiger partial charge is 0.311 e. The molecular weight excluding hydrogens is 332 g/mol. The van der Waals surface area contributed by atoms with Crippen LogP contribution in [0.4, 0.5) is 0 Å². The van der Waals surface area contributed by atoms with Crippen molar-refractivity contribution in [1.82, 2.24) is 0 Å². The van der Waals surface area contributed by atoms with Gasteiger partial charge in [0.25, 0.3) is 0 Å². The van der Waals surface area contributed by atoms with E-state index in [1.54, 1.807) is 0 Å². The largest absolute Gasteiger partial charge is 0.427 e. The van der Waals surface area contributed by atoms with Crippen LogP contribution in [0.5, 0.6) is 5.75 Å². The summed E-state index contributed by atoms with van der Waals surface area (Å²) in [5.74, 6) is 3.00. The van der Waals surface area contributed by atoms with Crippen LogP contribution in [0.3, 0.4) is 0 Å². The summed E-state index contributed by atoms with van der Waals surface area (Å²) in [6.07, 6.45) is 9.38. The molecule has 0 bridgehead atoms. The van der Waals surface area contributed by atoms with E-state index in [1.165, 1.54) is 49.5 Å². The molecule has 1 atom stereocenters. The molecule has 0 radical (unpaired) electrons. The SMILES string of the molecule is CCCC(=O)Oc1ccc2cc([C@H]3CC[C@H](CC(C)CC)CC3)ccc2c1. The third-order valence-corrected chi connectivity index (χ3v) is 6.27. The Hall–Kier alpha value is -1.83. The fourth-order valence-electron chi connectivity index (χ4n) is 4.41. The summed E-state index contributed by atoms with van der Waals surface area (Å²) in [5.41, 5.74) is 1.47. The third-order valence-electron chi connectivity index (χ3n) is 6.27. The Morgan fingerprint density at radius 1 is 1.04 bits per heavy atom. The Morgan fingerprint density at radius 3 is 2.44 bits per heavy atom. The highest BCUT2D eigenvalue weighted by atomic mass is 16.5. The second-order valence-corrected chi connectivity index (χ2v) is 8.46. The van der Waals surface area contributed by atoms with E-state index in [4.69, 9.17) is 4.74 Å². The predicted molar refractivity (Wildman–Crippen MR) is 113 cm³/mol. The lowest BCUT2D eigenvalue weighted by Gasteiger charge is -2.30. The topological polar surface area (TPSA) is 26.3 Å². The fourth-order valence-corrected chi connectivity index (χ4v) is 4.41. The van der Waals surface area contributed by atoms with Gasteiger partial charge in [0, 0.05) is 6.42 Å². The highest BCUT2D eigenvalue weighted by Crippen LogP contribution is 2.39. The summed E-state index contributed by atoms with van der Waals surface area (Å²) >= 11 is 0. The van der Waals surface area contributed by atoms with Gasteiger partial charge in [-0.2, -0.15) is 0 Å². The highest BCUT2D eigenvalue weighted by molar-refractivity contribution is 5.85. The molecule has 2 aromatic rings. The number of carbonyl (C=O) groups is 1. The first-order valence-electron chi connectivity index (χ1n) is 10.8. The minimum Gasteiger partial charge on any atom is -0.427 e. The van der Waals surface area contributed by atoms with E-state index < -0.39 is 0 Å². The number of benzene rings is 2. The first-order valence-corrected chi connectivity index (χ1v) is 10.8. The van der Waals surface area contributed by atoms with Crippen molar-refractivity contribution in [3.8, 4) is 5.75 Å². The Kier molecular flexibility index (Phi) is 6.93. The zero-order valence-corrected chi connectivity index (χ0v) is 17.2. The highest BCUT2D eigenvalue weighted by Gasteiger charge is 2.23.